The van der Waals surface area contributed by atoms with Crippen molar-refractivity contribution < 1.29 is 14.3 Å². The largest absolute Gasteiger partial charge is 0.484 e. The number of thiazole rings is 1. The Morgan fingerprint density at radius 2 is 2.07 bits per heavy atom. The Labute approximate surface area is 177 Å². The second-order valence-corrected chi connectivity index (χ2v) is 10.6. The van der Waals surface area contributed by atoms with Gasteiger partial charge in [0.05, 0.1) is 9.98 Å². The second-order valence-electron chi connectivity index (χ2n) is 8.22. The maximum absolute atomic E-state index is 12.5. The maximum atomic E-state index is 12.5. The number of aromatic nitrogens is 1. The molecule has 2 aliphatic rings. The number of hydrogen-bond donors (Lipinski definition) is 1. The Hall–Kier alpha value is -1.80. The summed E-state index contributed by atoms with van der Waals surface area (Å²) >= 11 is 5.11. The Balaban J connectivity index is 1.54. The second kappa shape index (κ2) is 7.22. The van der Waals surface area contributed by atoms with Gasteiger partial charge in [-0.1, -0.05) is 29.5 Å². The number of amides is 1. The van der Waals surface area contributed by atoms with Gasteiger partial charge in [-0.25, -0.2) is 9.78 Å². The summed E-state index contributed by atoms with van der Waals surface area (Å²) in [4.78, 5) is 19.3. The minimum Gasteiger partial charge on any atom is -0.484 e. The summed E-state index contributed by atoms with van der Waals surface area (Å²) in [6.07, 6.45) is 3.00. The molecule has 3 heterocycles. The summed E-state index contributed by atoms with van der Waals surface area (Å²) in [6.45, 7) is 7.24. The smallest absolute Gasteiger partial charge is 0.408 e. The summed E-state index contributed by atoms with van der Waals surface area (Å²) in [5.41, 5.74) is 0.00226. The van der Waals surface area contributed by atoms with Gasteiger partial charge in [0, 0.05) is 31.5 Å². The van der Waals surface area contributed by atoms with Gasteiger partial charge in [-0.05, 0) is 42.8 Å². The molecule has 1 N–H and O–H groups in total. The molecule has 6 nitrogen and oxygen atoms in total. The van der Waals surface area contributed by atoms with Gasteiger partial charge in [0.15, 0.2) is 5.13 Å². The number of para-hydroxylation sites is 1. The molecule has 1 atom stereocenters. The lowest BCUT2D eigenvalue weighted by Crippen LogP contribution is -2.54. The summed E-state index contributed by atoms with van der Waals surface area (Å²) in [5.74, 6) is 0.842. The van der Waals surface area contributed by atoms with Gasteiger partial charge in [0.25, 0.3) is 0 Å². The van der Waals surface area contributed by atoms with Crippen molar-refractivity contribution >= 4 is 38.5 Å². The highest BCUT2D eigenvalue weighted by Crippen LogP contribution is 2.49. The number of fused-ring (bicyclic) bond motifs is 1. The van der Waals surface area contributed by atoms with Crippen molar-refractivity contribution in [1.29, 1.82) is 0 Å². The molecule has 1 spiro atoms. The van der Waals surface area contributed by atoms with E-state index in [1.165, 1.54) is 0 Å². The summed E-state index contributed by atoms with van der Waals surface area (Å²) in [6, 6.07) is 7.70. The minimum atomic E-state index is -0.544. The normalized spacial score (nSPS) is 20.6. The molecule has 1 fully saturated rings. The van der Waals surface area contributed by atoms with Crippen LogP contribution >= 0.6 is 27.3 Å². The van der Waals surface area contributed by atoms with Crippen LogP contribution in [0.15, 0.2) is 34.2 Å². The molecule has 4 rings (SSSR count). The van der Waals surface area contributed by atoms with Crippen LogP contribution in [-0.2, 0) is 4.74 Å². The highest BCUT2D eigenvalue weighted by Gasteiger charge is 2.51. The molecular weight excluding hydrogens is 442 g/mol. The molecular formula is C20H24BrN3O3S. The molecule has 1 aromatic heterocycles. The van der Waals surface area contributed by atoms with Crippen LogP contribution in [0.4, 0.5) is 9.93 Å². The molecule has 28 heavy (non-hydrogen) atoms. The van der Waals surface area contributed by atoms with Crippen LogP contribution < -0.4 is 15.0 Å². The fourth-order valence-electron chi connectivity index (χ4n) is 3.87. The Kier molecular flexibility index (Phi) is 5.03. The van der Waals surface area contributed by atoms with E-state index in [-0.39, 0.29) is 6.04 Å². The first-order valence-corrected chi connectivity index (χ1v) is 11.0. The van der Waals surface area contributed by atoms with Crippen molar-refractivity contribution in [3.05, 3.63) is 39.8 Å². The van der Waals surface area contributed by atoms with E-state index in [1.807, 2.05) is 51.2 Å². The Morgan fingerprint density at radius 3 is 2.71 bits per heavy atom. The zero-order valence-electron chi connectivity index (χ0n) is 16.2. The van der Waals surface area contributed by atoms with Gasteiger partial charge in [-0.3, -0.25) is 0 Å². The molecule has 2 aromatic rings. The van der Waals surface area contributed by atoms with Crippen LogP contribution in [0, 0.1) is 0 Å². The van der Waals surface area contributed by atoms with Crippen molar-refractivity contribution in [2.24, 2.45) is 0 Å². The monoisotopic (exact) mass is 465 g/mol. The van der Waals surface area contributed by atoms with Gasteiger partial charge in [0.1, 0.15) is 23.0 Å². The number of carbonyl (C=O) groups is 1. The molecule has 8 heteroatoms. The van der Waals surface area contributed by atoms with E-state index in [0.29, 0.717) is 0 Å². The van der Waals surface area contributed by atoms with Crippen molar-refractivity contribution in [2.75, 3.05) is 18.0 Å². The molecule has 0 radical (unpaired) electrons. The first-order chi connectivity index (χ1) is 13.3. The van der Waals surface area contributed by atoms with Crippen LogP contribution in [0.2, 0.25) is 0 Å². The van der Waals surface area contributed by atoms with Crippen LogP contribution in [0.1, 0.15) is 45.2 Å². The number of hydrogen-bond acceptors (Lipinski definition) is 6. The topological polar surface area (TPSA) is 63.7 Å². The van der Waals surface area contributed by atoms with E-state index in [4.69, 9.17) is 9.47 Å². The van der Waals surface area contributed by atoms with Gasteiger partial charge >= 0.3 is 6.09 Å². The highest BCUT2D eigenvalue weighted by molar-refractivity contribution is 9.11. The van der Waals surface area contributed by atoms with Gasteiger partial charge < -0.3 is 19.7 Å². The zero-order chi connectivity index (χ0) is 19.9. The zero-order valence-corrected chi connectivity index (χ0v) is 18.6. The van der Waals surface area contributed by atoms with Gasteiger partial charge in [-0.15, -0.1) is 0 Å². The van der Waals surface area contributed by atoms with Crippen molar-refractivity contribution in [1.82, 2.24) is 10.3 Å². The number of nitrogens with zero attached hydrogens (tertiary/aromatic N) is 2. The third kappa shape index (κ3) is 3.85. The highest BCUT2D eigenvalue weighted by atomic mass is 79.9. The third-order valence-electron chi connectivity index (χ3n) is 5.08. The Bertz CT molecular complexity index is 872. The molecule has 1 saturated heterocycles. The number of carbonyl (C=O) groups excluding carboxylic acids is 1. The van der Waals surface area contributed by atoms with E-state index >= 15 is 0 Å². The summed E-state index contributed by atoms with van der Waals surface area (Å²) in [5, 5.41) is 4.09. The lowest BCUT2D eigenvalue weighted by molar-refractivity contribution is 0.0150. The standard InChI is InChI=1S/C20H24BrN3O3S/c1-19(2,3)27-18(25)23-16-13-6-4-5-7-14(13)26-20(16)8-10-24(11-9-20)17-22-12-15(21)28-17/h4-7,12,16H,8-11H2,1-3H3,(H,23,25)/t16-/m1/s1. The van der Waals surface area contributed by atoms with E-state index in [9.17, 15) is 4.79 Å². The van der Waals surface area contributed by atoms with Crippen LogP contribution in [-0.4, -0.2) is 35.4 Å². The molecule has 2 aliphatic heterocycles. The third-order valence-corrected chi connectivity index (χ3v) is 6.61. The average molecular weight is 466 g/mol. The molecule has 0 saturated carbocycles. The number of piperidine rings is 1. The molecule has 0 aliphatic carbocycles. The Morgan fingerprint density at radius 1 is 1.36 bits per heavy atom. The number of anilines is 1. The van der Waals surface area contributed by atoms with Crippen molar-refractivity contribution in [3.63, 3.8) is 0 Å². The van der Waals surface area contributed by atoms with Crippen LogP contribution in [0.25, 0.3) is 0 Å². The maximum Gasteiger partial charge on any atom is 0.408 e. The number of nitrogens with one attached hydrogen (secondary N) is 1. The predicted octanol–water partition coefficient (Wildman–Crippen LogP) is 4.90. The molecule has 1 amide bonds. The van der Waals surface area contributed by atoms with Gasteiger partial charge in [0.2, 0.25) is 0 Å². The first-order valence-electron chi connectivity index (χ1n) is 9.39. The van der Waals surface area contributed by atoms with E-state index < -0.39 is 17.3 Å². The number of ether oxygens (including phenoxy) is 2. The quantitative estimate of drug-likeness (QED) is 0.682. The lowest BCUT2D eigenvalue weighted by Gasteiger charge is -2.42. The van der Waals surface area contributed by atoms with E-state index in [2.05, 4.69) is 31.1 Å². The van der Waals surface area contributed by atoms with Crippen LogP contribution in [0.3, 0.4) is 0 Å². The molecule has 1 aromatic carbocycles. The number of alkyl carbamates (subject to hydrolysis) is 1. The summed E-state index contributed by atoms with van der Waals surface area (Å²) in [7, 11) is 0. The van der Waals surface area contributed by atoms with E-state index in [1.54, 1.807) is 11.3 Å². The van der Waals surface area contributed by atoms with Gasteiger partial charge in [-0.2, -0.15) is 0 Å². The van der Waals surface area contributed by atoms with Crippen molar-refractivity contribution in [3.8, 4) is 5.75 Å². The number of halogens is 1. The SMILES string of the molecule is CC(C)(C)OC(=O)N[C@@H]1c2ccccc2OC12CCN(c1ncc(Br)s1)CC2. The number of rotatable bonds is 2. The first kappa shape index (κ1) is 19.5. The molecule has 0 bridgehead atoms. The summed E-state index contributed by atoms with van der Waals surface area (Å²) < 4.78 is 13.0. The fourth-order valence-corrected chi connectivity index (χ4v) is 5.10. The number of benzene rings is 1. The van der Waals surface area contributed by atoms with Crippen LogP contribution in [0.5, 0.6) is 5.75 Å². The lowest BCUT2D eigenvalue weighted by atomic mass is 9.82. The predicted molar refractivity (Wildman–Crippen MR) is 113 cm³/mol. The van der Waals surface area contributed by atoms with E-state index in [0.717, 1.165) is 46.2 Å². The average Bonchev–Trinajstić information content (AvgIpc) is 3.17. The van der Waals surface area contributed by atoms with Crippen molar-refractivity contribution in [2.45, 2.75) is 50.9 Å². The molecule has 0 unspecified atom stereocenters. The fraction of sp³-hybridized carbons (Fsp3) is 0.500. The molecule has 150 valence electrons. The minimum absolute atomic E-state index is 0.233.